The van der Waals surface area contributed by atoms with Crippen LogP contribution in [-0.4, -0.2) is 103 Å². The first-order chi connectivity index (χ1) is 19.9. The summed E-state index contributed by atoms with van der Waals surface area (Å²) >= 11 is 0. The summed E-state index contributed by atoms with van der Waals surface area (Å²) in [6.07, 6.45) is -12.4. The molecular weight excluding hydrogens is 560 g/mol. The van der Waals surface area contributed by atoms with Gasteiger partial charge in [0.15, 0.2) is 12.1 Å². The van der Waals surface area contributed by atoms with Crippen molar-refractivity contribution in [2.75, 3.05) is 6.61 Å². The third-order valence-electron chi connectivity index (χ3n) is 7.52. The van der Waals surface area contributed by atoms with Crippen molar-refractivity contribution >= 4 is 11.0 Å². The maximum Gasteiger partial charge on any atom is 0.239 e. The van der Waals surface area contributed by atoms with Gasteiger partial charge in [-0.15, -0.1) is 0 Å². The molecule has 2 saturated heterocycles. The van der Waals surface area contributed by atoms with Crippen LogP contribution in [0.1, 0.15) is 13.8 Å². The number of aliphatic hydroxyl groups excluding tert-OH is 5. The summed E-state index contributed by atoms with van der Waals surface area (Å²) in [7, 11) is 0. The molecule has 2 aromatic carbocycles. The Kier molecular flexibility index (Phi) is 8.33. The fourth-order valence-electron chi connectivity index (χ4n) is 4.98. The smallest absolute Gasteiger partial charge is 0.239 e. The van der Waals surface area contributed by atoms with Crippen LogP contribution in [0.3, 0.4) is 0 Å². The molecule has 1 aromatic heterocycles. The maximum absolute atomic E-state index is 13.6. The molecule has 2 aliphatic rings. The van der Waals surface area contributed by atoms with Crippen LogP contribution in [0.15, 0.2) is 45.6 Å². The van der Waals surface area contributed by atoms with Gasteiger partial charge in [-0.25, -0.2) is 0 Å². The standard InChI is InChI=1S/C28H32O14/c1-10-19(32)21(34)17(9-38-28-24(37)23(36)20(33)11(2)39-28)41-27(10)42-26-22(35)18-15(31)7-14(30)8-16(18)40-25(26)12-3-5-13(29)6-4-12/h3-8,10-11,17,19-21,23-24,27-34,36-37H,9H2,1-2H3. The number of aromatic hydroxyl groups is 3. The Morgan fingerprint density at radius 1 is 0.786 bits per heavy atom. The van der Waals surface area contributed by atoms with E-state index in [4.69, 9.17) is 23.4 Å². The highest BCUT2D eigenvalue weighted by atomic mass is 16.7. The Hall–Kier alpha value is -3.47. The minimum Gasteiger partial charge on any atom is -0.508 e. The summed E-state index contributed by atoms with van der Waals surface area (Å²) in [4.78, 5) is 13.6. The summed E-state index contributed by atoms with van der Waals surface area (Å²) in [5, 5.41) is 81.4. The first kappa shape index (κ1) is 30.0. The largest absolute Gasteiger partial charge is 0.508 e. The van der Waals surface area contributed by atoms with Crippen LogP contribution in [-0.2, 0) is 14.2 Å². The molecule has 3 heterocycles. The molecule has 14 heteroatoms. The van der Waals surface area contributed by atoms with Crippen molar-refractivity contribution in [3.63, 3.8) is 0 Å². The fraction of sp³-hybridized carbons (Fsp3) is 0.464. The minimum absolute atomic E-state index is 0.0627. The van der Waals surface area contributed by atoms with Crippen molar-refractivity contribution < 1.29 is 64.2 Å². The lowest BCUT2D eigenvalue weighted by atomic mass is 9.92. The quantitative estimate of drug-likeness (QED) is 0.187. The molecule has 2 fully saturated rings. The van der Waals surface area contributed by atoms with Crippen molar-refractivity contribution in [3.8, 4) is 34.3 Å². The Labute approximate surface area is 238 Å². The Morgan fingerprint density at radius 2 is 1.48 bits per heavy atom. The van der Waals surface area contributed by atoms with Gasteiger partial charge in [-0.2, -0.15) is 0 Å². The first-order valence-electron chi connectivity index (χ1n) is 13.2. The van der Waals surface area contributed by atoms with E-state index in [9.17, 15) is 45.6 Å². The molecule has 0 amide bonds. The Bertz CT molecular complexity index is 1470. The van der Waals surface area contributed by atoms with Gasteiger partial charge in [0.1, 0.15) is 58.7 Å². The molecular formula is C28H32O14. The van der Waals surface area contributed by atoms with E-state index in [2.05, 4.69) is 0 Å². The second-order valence-corrected chi connectivity index (χ2v) is 10.5. The van der Waals surface area contributed by atoms with E-state index in [0.717, 1.165) is 12.1 Å². The van der Waals surface area contributed by atoms with Gasteiger partial charge in [0.2, 0.25) is 17.5 Å². The minimum atomic E-state index is -1.62. The number of phenolic OH excluding ortho intramolecular Hbond substituents is 3. The monoisotopic (exact) mass is 592 g/mol. The van der Waals surface area contributed by atoms with Gasteiger partial charge in [-0.3, -0.25) is 4.79 Å². The molecule has 10 unspecified atom stereocenters. The van der Waals surface area contributed by atoms with E-state index in [1.165, 1.54) is 38.1 Å². The zero-order valence-electron chi connectivity index (χ0n) is 22.5. The first-order valence-corrected chi connectivity index (χ1v) is 13.2. The molecule has 0 saturated carbocycles. The highest BCUT2D eigenvalue weighted by Crippen LogP contribution is 2.38. The van der Waals surface area contributed by atoms with Crippen molar-refractivity contribution in [2.45, 2.75) is 69.2 Å². The SMILES string of the molecule is CC1OC(OCC2OC(Oc3c(-c4ccc(O)cc4)oc4cc(O)cc(O)c4c3=O)C(C)C(O)C2O)C(O)C(O)C1O. The lowest BCUT2D eigenvalue weighted by molar-refractivity contribution is -0.313. The predicted octanol–water partition coefficient (Wildman–Crippen LogP) is -0.117. The number of hydrogen-bond acceptors (Lipinski definition) is 14. The highest BCUT2D eigenvalue weighted by molar-refractivity contribution is 5.88. The average molecular weight is 593 g/mol. The van der Waals surface area contributed by atoms with E-state index >= 15 is 0 Å². The molecule has 10 atom stereocenters. The molecule has 3 aromatic rings. The highest BCUT2D eigenvalue weighted by Gasteiger charge is 2.46. The van der Waals surface area contributed by atoms with Gasteiger partial charge in [0.05, 0.1) is 18.8 Å². The molecule has 14 nitrogen and oxygen atoms in total. The fourth-order valence-corrected chi connectivity index (χ4v) is 4.98. The molecule has 0 radical (unpaired) electrons. The third-order valence-corrected chi connectivity index (χ3v) is 7.52. The average Bonchev–Trinajstić information content (AvgIpc) is 2.95. The van der Waals surface area contributed by atoms with E-state index in [0.29, 0.717) is 0 Å². The molecule has 0 aliphatic carbocycles. The second-order valence-electron chi connectivity index (χ2n) is 10.5. The molecule has 228 valence electrons. The molecule has 2 aliphatic heterocycles. The molecule has 42 heavy (non-hydrogen) atoms. The summed E-state index contributed by atoms with van der Waals surface area (Å²) < 4.78 is 28.7. The van der Waals surface area contributed by atoms with Crippen LogP contribution in [0.4, 0.5) is 0 Å². The lowest BCUT2D eigenvalue weighted by Gasteiger charge is -2.43. The van der Waals surface area contributed by atoms with Crippen LogP contribution < -0.4 is 10.2 Å². The van der Waals surface area contributed by atoms with Gasteiger partial charge >= 0.3 is 0 Å². The van der Waals surface area contributed by atoms with Crippen LogP contribution >= 0.6 is 0 Å². The topological polar surface area (TPSA) is 229 Å². The number of ether oxygens (including phenoxy) is 4. The summed E-state index contributed by atoms with van der Waals surface area (Å²) in [5.41, 5.74) is -0.701. The van der Waals surface area contributed by atoms with E-state index < -0.39 is 84.8 Å². The van der Waals surface area contributed by atoms with Gasteiger partial charge in [0.25, 0.3) is 0 Å². The maximum atomic E-state index is 13.6. The number of fused-ring (bicyclic) bond motifs is 1. The van der Waals surface area contributed by atoms with Crippen molar-refractivity contribution in [3.05, 3.63) is 46.6 Å². The number of rotatable bonds is 6. The van der Waals surface area contributed by atoms with Crippen molar-refractivity contribution in [1.82, 2.24) is 0 Å². The number of phenols is 3. The molecule has 0 spiro atoms. The second kappa shape index (κ2) is 11.7. The zero-order chi connectivity index (χ0) is 30.5. The van der Waals surface area contributed by atoms with E-state index in [1.807, 2.05) is 0 Å². The zero-order valence-corrected chi connectivity index (χ0v) is 22.5. The Balaban J connectivity index is 1.46. The van der Waals surface area contributed by atoms with Crippen LogP contribution in [0, 0.1) is 5.92 Å². The van der Waals surface area contributed by atoms with Crippen LogP contribution in [0.2, 0.25) is 0 Å². The predicted molar refractivity (Wildman–Crippen MR) is 142 cm³/mol. The Morgan fingerprint density at radius 3 is 2.17 bits per heavy atom. The number of hydrogen-bond donors (Lipinski definition) is 8. The van der Waals surface area contributed by atoms with Crippen molar-refractivity contribution in [2.24, 2.45) is 5.92 Å². The van der Waals surface area contributed by atoms with Crippen LogP contribution in [0.5, 0.6) is 23.0 Å². The molecule has 0 bridgehead atoms. The van der Waals surface area contributed by atoms with Gasteiger partial charge in [0, 0.05) is 23.6 Å². The summed E-state index contributed by atoms with van der Waals surface area (Å²) in [5.74, 6) is -2.48. The molecule has 8 N–H and O–H groups in total. The third kappa shape index (κ3) is 5.50. The molecule has 5 rings (SSSR count). The summed E-state index contributed by atoms with van der Waals surface area (Å²) in [6.45, 7) is 2.51. The van der Waals surface area contributed by atoms with E-state index in [1.54, 1.807) is 0 Å². The lowest BCUT2D eigenvalue weighted by Crippen LogP contribution is -2.59. The van der Waals surface area contributed by atoms with Crippen LogP contribution in [0.25, 0.3) is 22.3 Å². The van der Waals surface area contributed by atoms with Crippen molar-refractivity contribution in [1.29, 1.82) is 0 Å². The van der Waals surface area contributed by atoms with Gasteiger partial charge in [-0.1, -0.05) is 6.92 Å². The van der Waals surface area contributed by atoms with Gasteiger partial charge in [-0.05, 0) is 31.2 Å². The van der Waals surface area contributed by atoms with E-state index in [-0.39, 0.29) is 33.8 Å². The normalized spacial score (nSPS) is 33.5. The van der Waals surface area contributed by atoms with Gasteiger partial charge < -0.3 is 64.2 Å². The summed E-state index contributed by atoms with van der Waals surface area (Å²) in [6, 6.07) is 7.66. The number of aliphatic hydroxyl groups is 5. The number of benzene rings is 2.